The fraction of sp³-hybridized carbons (Fsp3) is 0.450. The highest BCUT2D eigenvalue weighted by Crippen LogP contribution is 2.13. The minimum absolute atomic E-state index is 0.178. The molecule has 0 N–H and O–H groups in total. The number of hydrogen-bond acceptors (Lipinski definition) is 6. The first-order valence-corrected chi connectivity index (χ1v) is 10.8. The zero-order chi connectivity index (χ0) is 20.6. The first-order chi connectivity index (χ1) is 13.3. The average Bonchev–Trinajstić information content (AvgIpc) is 3.30. The lowest BCUT2D eigenvalue weighted by molar-refractivity contribution is -0.513. The van der Waals surface area contributed by atoms with Gasteiger partial charge in [0.1, 0.15) is 23.3 Å². The zero-order valence-corrected chi connectivity index (χ0v) is 17.4. The predicted octanol–water partition coefficient (Wildman–Crippen LogP) is 2.10. The van der Waals surface area contributed by atoms with Crippen molar-refractivity contribution in [2.45, 2.75) is 25.7 Å². The van der Waals surface area contributed by atoms with Gasteiger partial charge in [-0.1, -0.05) is 17.7 Å². The van der Waals surface area contributed by atoms with Crippen LogP contribution in [0.4, 0.5) is 0 Å². The lowest BCUT2D eigenvalue weighted by Gasteiger charge is -2.12. The highest BCUT2D eigenvalue weighted by molar-refractivity contribution is 7.85. The number of benzene rings is 1. The molecule has 1 saturated heterocycles. The van der Waals surface area contributed by atoms with E-state index in [4.69, 9.17) is 9.47 Å². The van der Waals surface area contributed by atoms with Gasteiger partial charge in [0.25, 0.3) is 0 Å². The van der Waals surface area contributed by atoms with Crippen LogP contribution in [0.2, 0.25) is 0 Å². The van der Waals surface area contributed by atoms with Crippen LogP contribution in [-0.4, -0.2) is 67.7 Å². The third-order valence-electron chi connectivity index (χ3n) is 4.40. The van der Waals surface area contributed by atoms with Gasteiger partial charge in [0, 0.05) is 6.54 Å². The van der Waals surface area contributed by atoms with Crippen molar-refractivity contribution in [1.82, 2.24) is 4.90 Å². The molecule has 2 aliphatic rings. The largest absolute Gasteiger partial charge is 0.744 e. The van der Waals surface area contributed by atoms with Crippen molar-refractivity contribution in [3.05, 3.63) is 53.9 Å². The Labute approximate surface area is 167 Å². The molecule has 0 atom stereocenters. The summed E-state index contributed by atoms with van der Waals surface area (Å²) >= 11 is 0. The monoisotopic (exact) mass is 408 g/mol. The third-order valence-corrected chi connectivity index (χ3v) is 5.25. The normalized spacial score (nSPS) is 18.3. The summed E-state index contributed by atoms with van der Waals surface area (Å²) in [7, 11) is -4.27. The van der Waals surface area contributed by atoms with Crippen LogP contribution in [0, 0.1) is 6.92 Å². The highest BCUT2D eigenvalue weighted by atomic mass is 32.2. The lowest BCUT2D eigenvalue weighted by Crippen LogP contribution is -2.17. The summed E-state index contributed by atoms with van der Waals surface area (Å²) in [5, 5.41) is 0. The lowest BCUT2D eigenvalue weighted by atomic mass is 10.2. The second-order valence-electron chi connectivity index (χ2n) is 6.33. The van der Waals surface area contributed by atoms with E-state index in [1.807, 2.05) is 25.2 Å². The quantitative estimate of drug-likeness (QED) is 0.548. The molecule has 2 aliphatic heterocycles. The standard InChI is InChI=1S/C13H21N2O2.C7H8O3S/c1-3-14-8-10-16-12(14)6-5-7-13-15(4-2)9-11-17-13;1-6-2-4-7(5-3-6)11(8,9)10/h5-7H,3-4,8-11H2,1-2H3;2-5H,1H3,(H,8,9,10)/q+1;/p-1. The highest BCUT2D eigenvalue weighted by Gasteiger charge is 2.19. The molecule has 1 fully saturated rings. The molecule has 0 saturated carbocycles. The molecule has 2 heterocycles. The molecule has 1 aromatic carbocycles. The summed E-state index contributed by atoms with van der Waals surface area (Å²) in [5.74, 6) is 1.93. The maximum atomic E-state index is 10.4. The maximum absolute atomic E-state index is 10.4. The average molecular weight is 409 g/mol. The summed E-state index contributed by atoms with van der Waals surface area (Å²) in [4.78, 5) is 2.05. The molecule has 7 nitrogen and oxygen atoms in total. The summed E-state index contributed by atoms with van der Waals surface area (Å²) in [5.41, 5.74) is 0.928. The number of ether oxygens (including phenoxy) is 2. The molecule has 1 aromatic rings. The van der Waals surface area contributed by atoms with Crippen molar-refractivity contribution in [1.29, 1.82) is 0 Å². The van der Waals surface area contributed by atoms with Crippen molar-refractivity contribution in [3.8, 4) is 0 Å². The van der Waals surface area contributed by atoms with E-state index < -0.39 is 10.1 Å². The van der Waals surface area contributed by atoms with Crippen molar-refractivity contribution < 1.29 is 27.0 Å². The Bertz CT molecular complexity index is 842. The molecule has 28 heavy (non-hydrogen) atoms. The summed E-state index contributed by atoms with van der Waals surface area (Å²) < 4.78 is 44.5. The first-order valence-electron chi connectivity index (χ1n) is 9.38. The van der Waals surface area contributed by atoms with Crippen LogP contribution in [0.15, 0.2) is 53.3 Å². The van der Waals surface area contributed by atoms with Crippen molar-refractivity contribution in [3.63, 3.8) is 0 Å². The molecule has 154 valence electrons. The van der Waals surface area contributed by atoms with Crippen LogP contribution >= 0.6 is 0 Å². The Kier molecular flexibility index (Phi) is 8.07. The van der Waals surface area contributed by atoms with E-state index in [1.54, 1.807) is 12.1 Å². The van der Waals surface area contributed by atoms with E-state index in [0.29, 0.717) is 0 Å². The molecule has 8 heteroatoms. The van der Waals surface area contributed by atoms with Crippen LogP contribution in [0.5, 0.6) is 0 Å². The molecule has 0 spiro atoms. The third kappa shape index (κ3) is 6.38. The number of hydrogen-bond donors (Lipinski definition) is 0. The van der Waals surface area contributed by atoms with Gasteiger partial charge in [-0.25, -0.2) is 8.42 Å². The Morgan fingerprint density at radius 1 is 1.18 bits per heavy atom. The Morgan fingerprint density at radius 2 is 1.89 bits per heavy atom. The predicted molar refractivity (Wildman–Crippen MR) is 106 cm³/mol. The van der Waals surface area contributed by atoms with Gasteiger partial charge in [0.2, 0.25) is 0 Å². The number of likely N-dealkylation sites (N-methyl/N-ethyl adjacent to an activating group) is 2. The van der Waals surface area contributed by atoms with Crippen molar-refractivity contribution in [2.24, 2.45) is 0 Å². The van der Waals surface area contributed by atoms with Gasteiger partial charge in [0.15, 0.2) is 19.0 Å². The molecular weight excluding hydrogens is 380 g/mol. The van der Waals surface area contributed by atoms with E-state index in [9.17, 15) is 13.0 Å². The number of allylic oxidation sites excluding steroid dienone is 2. The van der Waals surface area contributed by atoms with E-state index in [-0.39, 0.29) is 4.90 Å². The minimum atomic E-state index is -4.27. The molecule has 0 amide bonds. The smallest absolute Gasteiger partial charge is 0.362 e. The first kappa shape index (κ1) is 22.0. The van der Waals surface area contributed by atoms with Gasteiger partial charge in [-0.2, -0.15) is 4.58 Å². The fourth-order valence-electron chi connectivity index (χ4n) is 2.78. The second kappa shape index (κ2) is 10.3. The number of aryl methyl sites for hydroxylation is 1. The van der Waals surface area contributed by atoms with E-state index in [2.05, 4.69) is 23.3 Å². The molecular formula is C20H28N2O5S. The Balaban J connectivity index is 0.000000221. The van der Waals surface area contributed by atoms with Crippen LogP contribution in [-0.2, 0) is 19.6 Å². The van der Waals surface area contributed by atoms with Crippen LogP contribution in [0.1, 0.15) is 19.4 Å². The fourth-order valence-corrected chi connectivity index (χ4v) is 3.25. The minimum Gasteiger partial charge on any atom is -0.744 e. The van der Waals surface area contributed by atoms with Crippen LogP contribution < -0.4 is 0 Å². The Hall–Kier alpha value is -2.32. The van der Waals surface area contributed by atoms with Gasteiger partial charge >= 0.3 is 5.90 Å². The van der Waals surface area contributed by atoms with Gasteiger partial charge in [-0.05, 0) is 45.1 Å². The molecule has 0 aliphatic carbocycles. The molecule has 3 rings (SSSR count). The summed E-state index contributed by atoms with van der Waals surface area (Å²) in [6.07, 6.45) is 6.03. The maximum Gasteiger partial charge on any atom is 0.362 e. The molecule has 0 unspecified atom stereocenters. The van der Waals surface area contributed by atoms with E-state index >= 15 is 0 Å². The van der Waals surface area contributed by atoms with Crippen molar-refractivity contribution in [2.75, 3.05) is 39.4 Å². The van der Waals surface area contributed by atoms with E-state index in [0.717, 1.165) is 56.7 Å². The van der Waals surface area contributed by atoms with Crippen LogP contribution in [0.25, 0.3) is 0 Å². The zero-order valence-electron chi connectivity index (χ0n) is 16.6. The summed E-state index contributed by atoms with van der Waals surface area (Å²) in [6.45, 7) is 11.7. The molecule has 0 aromatic heterocycles. The summed E-state index contributed by atoms with van der Waals surface area (Å²) in [6, 6.07) is 5.78. The van der Waals surface area contributed by atoms with Gasteiger partial charge in [0.05, 0.1) is 17.5 Å². The topological polar surface area (TPSA) is 81.9 Å². The van der Waals surface area contributed by atoms with Gasteiger partial charge in [-0.15, -0.1) is 0 Å². The van der Waals surface area contributed by atoms with Gasteiger partial charge < -0.3 is 18.9 Å². The van der Waals surface area contributed by atoms with Crippen LogP contribution in [0.3, 0.4) is 0 Å². The second-order valence-corrected chi connectivity index (χ2v) is 7.71. The molecule has 0 bridgehead atoms. The number of nitrogens with zero attached hydrogens (tertiary/aromatic N) is 2. The Morgan fingerprint density at radius 3 is 2.50 bits per heavy atom. The number of rotatable bonds is 5. The van der Waals surface area contributed by atoms with Gasteiger partial charge in [-0.3, -0.25) is 0 Å². The van der Waals surface area contributed by atoms with E-state index in [1.165, 1.54) is 12.1 Å². The molecule has 0 radical (unpaired) electrons. The van der Waals surface area contributed by atoms with Crippen molar-refractivity contribution >= 4 is 16.0 Å². The SMILES string of the molecule is CCN1CCO/C1=C\C=C\C1=[N+](CC)CCO1.Cc1ccc(S(=O)(=O)[O-])cc1.